The lowest BCUT2D eigenvalue weighted by molar-refractivity contribution is -0.138. The fourth-order valence-corrected chi connectivity index (χ4v) is 4.00. The number of carbonyl (C=O) groups is 2. The number of nitrogens with one attached hydrogen (secondary N) is 1. The quantitative estimate of drug-likeness (QED) is 0.379. The second-order valence-electron chi connectivity index (χ2n) is 7.78. The summed E-state index contributed by atoms with van der Waals surface area (Å²) in [7, 11) is 1.44. The molecule has 1 N–H and O–H groups in total. The van der Waals surface area contributed by atoms with E-state index in [0.29, 0.717) is 11.1 Å². The minimum atomic E-state index is -4.64. The lowest BCUT2D eigenvalue weighted by Crippen LogP contribution is -2.50. The summed E-state index contributed by atoms with van der Waals surface area (Å²) in [4.78, 5) is 31.5. The Morgan fingerprint density at radius 1 is 1.26 bits per heavy atom. The predicted molar refractivity (Wildman–Crippen MR) is 121 cm³/mol. The molecule has 35 heavy (non-hydrogen) atoms. The first kappa shape index (κ1) is 25.5. The van der Waals surface area contributed by atoms with Crippen LogP contribution in [0.4, 0.5) is 18.9 Å². The third-order valence-corrected chi connectivity index (χ3v) is 5.66. The number of ether oxygens (including phenoxy) is 1. The van der Waals surface area contributed by atoms with Crippen LogP contribution in [0.25, 0.3) is 4.85 Å². The first-order chi connectivity index (χ1) is 16.6. The second-order valence-corrected chi connectivity index (χ2v) is 7.78. The zero-order chi connectivity index (χ0) is 25.8. The average molecular weight is 482 g/mol. The van der Waals surface area contributed by atoms with Crippen molar-refractivity contribution in [2.24, 2.45) is 5.92 Å². The number of amides is 2. The number of alkyl halides is 3. The lowest BCUT2D eigenvalue weighted by atomic mass is 9.78. The van der Waals surface area contributed by atoms with Gasteiger partial charge in [0.25, 0.3) is 0 Å². The van der Waals surface area contributed by atoms with Crippen LogP contribution >= 0.6 is 0 Å². The maximum absolute atomic E-state index is 13.7. The Morgan fingerprint density at radius 2 is 1.94 bits per heavy atom. The number of hydrogen-bond acceptors (Lipinski definition) is 4. The zero-order valence-electron chi connectivity index (χ0n) is 18.9. The highest BCUT2D eigenvalue weighted by molar-refractivity contribution is 6.11. The van der Waals surface area contributed by atoms with Crippen LogP contribution in [-0.4, -0.2) is 32.1 Å². The number of nitriles is 1. The highest BCUT2D eigenvalue weighted by Gasteiger charge is 2.47. The van der Waals surface area contributed by atoms with Crippen molar-refractivity contribution in [2.75, 3.05) is 25.2 Å². The Hall–Kier alpha value is -4.15. The number of carbonyl (C=O) groups excluding carboxylic acids is 2. The molecular weight excluding hydrogens is 461 g/mol. The van der Waals surface area contributed by atoms with Gasteiger partial charge in [-0.05, 0) is 42.8 Å². The minimum Gasteiger partial charge on any atom is -0.383 e. The third-order valence-electron chi connectivity index (χ3n) is 5.66. The van der Waals surface area contributed by atoms with Gasteiger partial charge in [0.15, 0.2) is 5.70 Å². The first-order valence-electron chi connectivity index (χ1n) is 10.5. The summed E-state index contributed by atoms with van der Waals surface area (Å²) in [6, 6.07) is 12.3. The smallest absolute Gasteiger partial charge is 0.383 e. The second kappa shape index (κ2) is 10.4. The van der Waals surface area contributed by atoms with Gasteiger partial charge in [-0.3, -0.25) is 14.5 Å². The molecule has 1 heterocycles. The molecule has 0 saturated carbocycles. The van der Waals surface area contributed by atoms with E-state index in [9.17, 15) is 22.8 Å². The Bertz CT molecular complexity index is 1240. The molecular formula is C25H21F3N4O3. The van der Waals surface area contributed by atoms with Gasteiger partial charge >= 0.3 is 6.18 Å². The van der Waals surface area contributed by atoms with E-state index in [2.05, 4.69) is 10.2 Å². The van der Waals surface area contributed by atoms with Crippen LogP contribution in [0.5, 0.6) is 0 Å². The van der Waals surface area contributed by atoms with E-state index in [-0.39, 0.29) is 30.2 Å². The summed E-state index contributed by atoms with van der Waals surface area (Å²) < 4.78 is 44.9. The molecule has 180 valence electrons. The van der Waals surface area contributed by atoms with Gasteiger partial charge in [-0.25, -0.2) is 4.85 Å². The summed E-state index contributed by atoms with van der Waals surface area (Å²) in [6.45, 7) is 9.52. The number of anilines is 1. The van der Waals surface area contributed by atoms with E-state index in [1.807, 2.05) is 6.07 Å². The standard InChI is InChI=1S/C25H21F3N4O3/c1-15-22(30-2)20(17-9-7-16(14-29)8-10-17)21(23(33)31-11-12-35-3)24(34)32(15)19-6-4-5-18(13-19)25(26,27)28/h4-10,13,20-21H,11-12H2,1,3H3,(H,31,33). The van der Waals surface area contributed by atoms with Crippen molar-refractivity contribution < 1.29 is 27.5 Å². The molecule has 0 aromatic heterocycles. The summed E-state index contributed by atoms with van der Waals surface area (Å²) in [5, 5.41) is 11.7. The van der Waals surface area contributed by atoms with Gasteiger partial charge in [0, 0.05) is 31.0 Å². The summed E-state index contributed by atoms with van der Waals surface area (Å²) in [5.41, 5.74) is -0.0872. The van der Waals surface area contributed by atoms with Gasteiger partial charge in [0.05, 0.1) is 30.4 Å². The highest BCUT2D eigenvalue weighted by Crippen LogP contribution is 2.43. The topological polar surface area (TPSA) is 86.8 Å². The maximum Gasteiger partial charge on any atom is 0.416 e. The van der Waals surface area contributed by atoms with Gasteiger partial charge in [0.2, 0.25) is 11.8 Å². The largest absolute Gasteiger partial charge is 0.416 e. The SMILES string of the molecule is [C-]#[N+]C1=C(C)N(c2cccc(C(F)(F)F)c2)C(=O)C(C(=O)NCCOC)C1c1ccc(C#N)cc1. The maximum atomic E-state index is 13.7. The van der Waals surface area contributed by atoms with Crippen molar-refractivity contribution in [1.29, 1.82) is 5.26 Å². The van der Waals surface area contributed by atoms with E-state index in [0.717, 1.165) is 23.1 Å². The number of nitrogens with zero attached hydrogens (tertiary/aromatic N) is 3. The highest BCUT2D eigenvalue weighted by atomic mass is 19.4. The fourth-order valence-electron chi connectivity index (χ4n) is 4.00. The van der Waals surface area contributed by atoms with Gasteiger partial charge in [0.1, 0.15) is 5.92 Å². The molecule has 0 fully saturated rings. The molecule has 2 aromatic carbocycles. The summed E-state index contributed by atoms with van der Waals surface area (Å²) in [5.74, 6) is -3.87. The summed E-state index contributed by atoms with van der Waals surface area (Å²) in [6.07, 6.45) is -4.64. The van der Waals surface area contributed by atoms with Crippen molar-refractivity contribution in [2.45, 2.75) is 19.0 Å². The molecule has 0 radical (unpaired) electrons. The van der Waals surface area contributed by atoms with Crippen LogP contribution in [0.2, 0.25) is 0 Å². The Morgan fingerprint density at radius 3 is 2.51 bits per heavy atom. The minimum absolute atomic E-state index is 0.0404. The van der Waals surface area contributed by atoms with Crippen LogP contribution in [0.1, 0.15) is 29.5 Å². The van der Waals surface area contributed by atoms with E-state index in [1.165, 1.54) is 32.2 Å². The van der Waals surface area contributed by atoms with Gasteiger partial charge in [-0.15, -0.1) is 0 Å². The van der Waals surface area contributed by atoms with Gasteiger partial charge in [-0.1, -0.05) is 18.2 Å². The molecule has 7 nitrogen and oxygen atoms in total. The number of rotatable bonds is 6. The number of methoxy groups -OCH3 is 1. The van der Waals surface area contributed by atoms with Crippen LogP contribution in [0, 0.1) is 23.8 Å². The van der Waals surface area contributed by atoms with E-state index >= 15 is 0 Å². The molecule has 0 aliphatic carbocycles. The molecule has 2 aromatic rings. The molecule has 0 bridgehead atoms. The molecule has 1 aliphatic heterocycles. The number of halogens is 3. The Balaban J connectivity index is 2.18. The molecule has 2 amide bonds. The van der Waals surface area contributed by atoms with Crippen molar-refractivity contribution in [1.82, 2.24) is 5.32 Å². The normalized spacial score (nSPS) is 18.1. The van der Waals surface area contributed by atoms with Gasteiger partial charge in [-0.2, -0.15) is 18.4 Å². The third kappa shape index (κ3) is 5.18. The zero-order valence-corrected chi connectivity index (χ0v) is 18.9. The summed E-state index contributed by atoms with van der Waals surface area (Å²) >= 11 is 0. The Kier molecular flexibility index (Phi) is 7.58. The van der Waals surface area contributed by atoms with E-state index in [4.69, 9.17) is 16.6 Å². The monoisotopic (exact) mass is 482 g/mol. The number of allylic oxidation sites excluding steroid dienone is 2. The van der Waals surface area contributed by atoms with Crippen molar-refractivity contribution >= 4 is 17.5 Å². The molecule has 2 atom stereocenters. The van der Waals surface area contributed by atoms with E-state index < -0.39 is 35.4 Å². The van der Waals surface area contributed by atoms with Crippen molar-refractivity contribution in [3.05, 3.63) is 88.0 Å². The Labute approximate surface area is 200 Å². The van der Waals surface area contributed by atoms with Crippen molar-refractivity contribution in [3.63, 3.8) is 0 Å². The van der Waals surface area contributed by atoms with Crippen LogP contribution in [-0.2, 0) is 20.5 Å². The first-order valence-corrected chi connectivity index (χ1v) is 10.5. The fraction of sp³-hybridized carbons (Fsp3) is 0.280. The molecule has 10 heteroatoms. The number of benzene rings is 2. The molecule has 3 rings (SSSR count). The van der Waals surface area contributed by atoms with Crippen LogP contribution < -0.4 is 10.2 Å². The molecule has 2 unspecified atom stereocenters. The van der Waals surface area contributed by atoms with E-state index in [1.54, 1.807) is 12.1 Å². The predicted octanol–water partition coefficient (Wildman–Crippen LogP) is 4.24. The lowest BCUT2D eigenvalue weighted by Gasteiger charge is -2.38. The van der Waals surface area contributed by atoms with Crippen LogP contribution in [0.15, 0.2) is 59.9 Å². The molecule has 1 aliphatic rings. The molecule has 0 spiro atoms. The van der Waals surface area contributed by atoms with Crippen LogP contribution in [0.3, 0.4) is 0 Å². The molecule has 0 saturated heterocycles. The average Bonchev–Trinajstić information content (AvgIpc) is 2.83. The van der Waals surface area contributed by atoms with Gasteiger partial charge < -0.3 is 10.1 Å². The van der Waals surface area contributed by atoms with Crippen molar-refractivity contribution in [3.8, 4) is 6.07 Å². The number of hydrogen-bond donors (Lipinski definition) is 1.